The van der Waals surface area contributed by atoms with Crippen LogP contribution in [-0.4, -0.2) is 5.97 Å². The normalized spacial score (nSPS) is 11.2. The van der Waals surface area contributed by atoms with Crippen molar-refractivity contribution in [1.82, 2.24) is 0 Å². The topological polar surface area (TPSA) is 26.3 Å². The van der Waals surface area contributed by atoms with Crippen molar-refractivity contribution in [1.29, 1.82) is 0 Å². The number of fused-ring (bicyclic) bond motifs is 1. The van der Waals surface area contributed by atoms with E-state index in [-0.39, 0.29) is 6.61 Å². The lowest BCUT2D eigenvalue weighted by Crippen LogP contribution is -2.00. The van der Waals surface area contributed by atoms with Crippen molar-refractivity contribution in [2.24, 2.45) is 0 Å². The molecule has 23 heavy (non-hydrogen) atoms. The van der Waals surface area contributed by atoms with Crippen molar-refractivity contribution in [3.63, 3.8) is 0 Å². The Hall–Kier alpha value is -1.62. The number of hydrogen-bond donors (Lipinski definition) is 0. The number of esters is 1. The molecule has 0 bridgehead atoms. The lowest BCUT2D eigenvalue weighted by atomic mass is 10.2. The Kier molecular flexibility index (Phi) is 5.16. The molecule has 3 aromatic rings. The minimum absolute atomic E-state index is 0.239. The zero-order valence-electron chi connectivity index (χ0n) is 12.0. The van der Waals surface area contributed by atoms with Crippen LogP contribution in [0.1, 0.15) is 10.4 Å². The van der Waals surface area contributed by atoms with Gasteiger partial charge < -0.3 is 4.74 Å². The van der Waals surface area contributed by atoms with Gasteiger partial charge in [0.1, 0.15) is 6.61 Å². The van der Waals surface area contributed by atoms with Gasteiger partial charge in [0.25, 0.3) is 0 Å². The molecule has 0 aliphatic carbocycles. The van der Waals surface area contributed by atoms with E-state index >= 15 is 0 Å². The van der Waals surface area contributed by atoms with Crippen molar-refractivity contribution in [2.75, 3.05) is 0 Å². The molecule has 0 fully saturated rings. The monoisotopic (exact) mass is 406 g/mol. The molecule has 0 atom stereocenters. The van der Waals surface area contributed by atoms with E-state index in [0.717, 1.165) is 25.0 Å². The maximum atomic E-state index is 11.8. The molecule has 0 spiro atoms. The van der Waals surface area contributed by atoms with Crippen LogP contribution >= 0.6 is 38.9 Å². The highest BCUT2D eigenvalue weighted by Gasteiger charge is 2.08. The molecule has 0 aliphatic heterocycles. The molecule has 2 nitrogen and oxygen atoms in total. The molecule has 0 saturated carbocycles. The number of benzene rings is 2. The van der Waals surface area contributed by atoms with Crippen molar-refractivity contribution in [3.8, 4) is 0 Å². The highest BCUT2D eigenvalue weighted by Crippen LogP contribution is 2.35. The van der Waals surface area contributed by atoms with E-state index in [0.29, 0.717) is 5.02 Å². The fourth-order valence-electron chi connectivity index (χ4n) is 2.11. The highest BCUT2D eigenvalue weighted by molar-refractivity contribution is 9.10. The van der Waals surface area contributed by atoms with Gasteiger partial charge in [-0.25, -0.2) is 4.79 Å². The fourth-order valence-corrected chi connectivity index (χ4v) is 3.96. The predicted molar refractivity (Wildman–Crippen MR) is 99.8 cm³/mol. The third kappa shape index (κ3) is 4.02. The average Bonchev–Trinajstić information content (AvgIpc) is 2.88. The Morgan fingerprint density at radius 2 is 2.04 bits per heavy atom. The Morgan fingerprint density at radius 1 is 1.22 bits per heavy atom. The summed E-state index contributed by atoms with van der Waals surface area (Å²) in [5.74, 6) is -0.390. The number of thiophene rings is 1. The molecule has 5 heteroatoms. The van der Waals surface area contributed by atoms with Crippen LogP contribution < -0.4 is 0 Å². The van der Waals surface area contributed by atoms with Gasteiger partial charge in [0.15, 0.2) is 0 Å². The number of carbonyl (C=O) groups is 1. The summed E-state index contributed by atoms with van der Waals surface area (Å²) in [6, 6.07) is 15.5. The van der Waals surface area contributed by atoms with Crippen molar-refractivity contribution in [3.05, 3.63) is 74.5 Å². The van der Waals surface area contributed by atoms with Gasteiger partial charge in [-0.3, -0.25) is 0 Å². The van der Waals surface area contributed by atoms with Gasteiger partial charge >= 0.3 is 5.97 Å². The molecule has 0 saturated heterocycles. The smallest absolute Gasteiger partial charge is 0.331 e. The molecule has 0 amide bonds. The minimum Gasteiger partial charge on any atom is -0.458 e. The third-order valence-corrected chi connectivity index (χ3v) is 5.35. The van der Waals surface area contributed by atoms with Crippen LogP contribution in [0.3, 0.4) is 0 Å². The van der Waals surface area contributed by atoms with Gasteiger partial charge in [0.2, 0.25) is 0 Å². The first-order valence-electron chi connectivity index (χ1n) is 6.90. The quantitative estimate of drug-likeness (QED) is 0.387. The van der Waals surface area contributed by atoms with Crippen LogP contribution in [0.5, 0.6) is 0 Å². The number of rotatable bonds is 4. The summed E-state index contributed by atoms with van der Waals surface area (Å²) in [4.78, 5) is 12.7. The van der Waals surface area contributed by atoms with E-state index in [2.05, 4.69) is 15.9 Å². The van der Waals surface area contributed by atoms with E-state index in [1.807, 2.05) is 48.5 Å². The van der Waals surface area contributed by atoms with Crippen LogP contribution in [-0.2, 0) is 16.1 Å². The standard InChI is InChI=1S/C18H12BrClO2S/c19-13-5-3-4-12(10-13)11-22-17(21)9-8-16-18(20)14-6-1-2-7-15(14)23-16/h1-10H,11H2/b9-8+. The summed E-state index contributed by atoms with van der Waals surface area (Å²) in [6.45, 7) is 0.239. The van der Waals surface area contributed by atoms with Crippen LogP contribution in [0.15, 0.2) is 59.1 Å². The maximum absolute atomic E-state index is 11.8. The lowest BCUT2D eigenvalue weighted by Gasteiger charge is -2.02. The third-order valence-electron chi connectivity index (χ3n) is 3.20. The van der Waals surface area contributed by atoms with Gasteiger partial charge in [-0.2, -0.15) is 0 Å². The summed E-state index contributed by atoms with van der Waals surface area (Å²) in [6.07, 6.45) is 3.12. The molecule has 3 rings (SSSR count). The molecule has 0 unspecified atom stereocenters. The molecule has 0 N–H and O–H groups in total. The Morgan fingerprint density at radius 3 is 2.83 bits per heavy atom. The van der Waals surface area contributed by atoms with E-state index in [4.69, 9.17) is 16.3 Å². The number of carbonyl (C=O) groups excluding carboxylic acids is 1. The Labute approximate surface area is 151 Å². The Bertz CT molecular complexity index is 886. The van der Waals surface area contributed by atoms with Gasteiger partial charge in [0.05, 0.1) is 5.02 Å². The average molecular weight is 408 g/mol. The Balaban J connectivity index is 1.67. The predicted octanol–water partition coefficient (Wildman–Crippen LogP) is 6.07. The minimum atomic E-state index is -0.390. The highest BCUT2D eigenvalue weighted by atomic mass is 79.9. The van der Waals surface area contributed by atoms with Gasteiger partial charge in [-0.1, -0.05) is 57.9 Å². The summed E-state index contributed by atoms with van der Waals surface area (Å²) in [5, 5.41) is 1.67. The van der Waals surface area contributed by atoms with E-state index in [9.17, 15) is 4.79 Å². The van der Waals surface area contributed by atoms with Crippen molar-refractivity contribution < 1.29 is 9.53 Å². The number of ether oxygens (including phenoxy) is 1. The maximum Gasteiger partial charge on any atom is 0.331 e. The summed E-state index contributed by atoms with van der Waals surface area (Å²) in [5.41, 5.74) is 0.931. The molecular weight excluding hydrogens is 396 g/mol. The van der Waals surface area contributed by atoms with Gasteiger partial charge in [-0.05, 0) is 29.8 Å². The molecule has 1 aromatic heterocycles. The number of halogens is 2. The second kappa shape index (κ2) is 7.30. The molecule has 0 aliphatic rings. The largest absolute Gasteiger partial charge is 0.458 e. The van der Waals surface area contributed by atoms with E-state index in [1.165, 1.54) is 6.08 Å². The zero-order chi connectivity index (χ0) is 16.2. The summed E-state index contributed by atoms with van der Waals surface area (Å²) >= 11 is 11.3. The first-order chi connectivity index (χ1) is 11.1. The fraction of sp³-hybridized carbons (Fsp3) is 0.0556. The first-order valence-corrected chi connectivity index (χ1v) is 8.88. The first kappa shape index (κ1) is 16.2. The molecule has 0 radical (unpaired) electrons. The molecule has 2 aromatic carbocycles. The van der Waals surface area contributed by atoms with Gasteiger partial charge in [-0.15, -0.1) is 11.3 Å². The van der Waals surface area contributed by atoms with Crippen molar-refractivity contribution in [2.45, 2.75) is 6.61 Å². The van der Waals surface area contributed by atoms with Crippen molar-refractivity contribution >= 4 is 61.0 Å². The number of hydrogen-bond acceptors (Lipinski definition) is 3. The van der Waals surface area contributed by atoms with Crippen LogP contribution in [0.25, 0.3) is 16.2 Å². The SMILES string of the molecule is O=C(/C=C/c1sc2ccccc2c1Cl)OCc1cccc(Br)c1. The molecular formula is C18H12BrClO2S. The van der Waals surface area contributed by atoms with Crippen LogP contribution in [0.2, 0.25) is 5.02 Å². The van der Waals surface area contributed by atoms with Crippen LogP contribution in [0, 0.1) is 0 Å². The van der Waals surface area contributed by atoms with E-state index in [1.54, 1.807) is 17.4 Å². The zero-order valence-corrected chi connectivity index (χ0v) is 15.1. The summed E-state index contributed by atoms with van der Waals surface area (Å²) in [7, 11) is 0. The van der Waals surface area contributed by atoms with Gasteiger partial charge in [0, 0.05) is 25.5 Å². The van der Waals surface area contributed by atoms with E-state index < -0.39 is 5.97 Å². The molecule has 1 heterocycles. The second-order valence-corrected chi connectivity index (χ2v) is 7.22. The second-order valence-electron chi connectivity index (χ2n) is 4.85. The molecule has 116 valence electrons. The van der Waals surface area contributed by atoms with Crippen LogP contribution in [0.4, 0.5) is 0 Å². The lowest BCUT2D eigenvalue weighted by molar-refractivity contribution is -0.138. The summed E-state index contributed by atoms with van der Waals surface area (Å²) < 4.78 is 7.29.